The summed E-state index contributed by atoms with van der Waals surface area (Å²) in [5, 5.41) is 5.99. The summed E-state index contributed by atoms with van der Waals surface area (Å²) in [6.07, 6.45) is 0. The van der Waals surface area contributed by atoms with Crippen molar-refractivity contribution in [3.05, 3.63) is 59.2 Å². The standard InChI is InChI=1S/C22H31N5O3.HI/c1-27(2)11-10-24-21(28)18-7-5-6-16(12-18)14-25-22(23)26-15-17-8-9-19(29-3)20(13-17)30-4;/h5-9,12-13H,10-11,14-15H2,1-4H3,(H,24,28)(H3,23,25,26);1H. The smallest absolute Gasteiger partial charge is 0.251 e. The summed E-state index contributed by atoms with van der Waals surface area (Å²) in [5.74, 6) is 1.56. The minimum atomic E-state index is -0.0952. The maximum atomic E-state index is 12.3. The van der Waals surface area contributed by atoms with E-state index in [1.807, 2.05) is 55.4 Å². The Labute approximate surface area is 201 Å². The van der Waals surface area contributed by atoms with Crippen molar-refractivity contribution < 1.29 is 14.3 Å². The van der Waals surface area contributed by atoms with E-state index >= 15 is 0 Å². The third kappa shape index (κ3) is 9.01. The highest BCUT2D eigenvalue weighted by atomic mass is 127. The summed E-state index contributed by atoms with van der Waals surface area (Å²) in [5.41, 5.74) is 8.49. The highest BCUT2D eigenvalue weighted by Gasteiger charge is 2.07. The largest absolute Gasteiger partial charge is 0.493 e. The van der Waals surface area contributed by atoms with Gasteiger partial charge in [0.05, 0.1) is 20.8 Å². The number of aliphatic imine (C=N–C) groups is 1. The zero-order chi connectivity index (χ0) is 21.9. The Morgan fingerprint density at radius 2 is 1.77 bits per heavy atom. The third-order valence-corrected chi connectivity index (χ3v) is 4.39. The molecule has 9 heteroatoms. The molecule has 0 aliphatic rings. The van der Waals surface area contributed by atoms with Crippen molar-refractivity contribution in [3.63, 3.8) is 0 Å². The van der Waals surface area contributed by atoms with Gasteiger partial charge in [-0.1, -0.05) is 18.2 Å². The number of rotatable bonds is 10. The van der Waals surface area contributed by atoms with Crippen LogP contribution in [0.5, 0.6) is 11.5 Å². The van der Waals surface area contributed by atoms with Gasteiger partial charge >= 0.3 is 0 Å². The highest BCUT2D eigenvalue weighted by molar-refractivity contribution is 14.0. The van der Waals surface area contributed by atoms with Crippen molar-refractivity contribution in [2.24, 2.45) is 10.7 Å². The number of guanidine groups is 1. The molecule has 2 rings (SSSR count). The molecule has 2 aromatic carbocycles. The van der Waals surface area contributed by atoms with Crippen LogP contribution in [0.3, 0.4) is 0 Å². The summed E-state index contributed by atoms with van der Waals surface area (Å²) in [6, 6.07) is 13.0. The number of carbonyl (C=O) groups excluding carboxylic acids is 1. The van der Waals surface area contributed by atoms with E-state index in [4.69, 9.17) is 15.2 Å². The lowest BCUT2D eigenvalue weighted by molar-refractivity contribution is 0.0951. The molecule has 31 heavy (non-hydrogen) atoms. The van der Waals surface area contributed by atoms with Gasteiger partial charge in [-0.2, -0.15) is 0 Å². The number of amides is 1. The molecule has 0 saturated carbocycles. The van der Waals surface area contributed by atoms with Gasteiger partial charge in [-0.05, 0) is 49.5 Å². The normalized spacial score (nSPS) is 10.9. The van der Waals surface area contributed by atoms with E-state index in [1.54, 1.807) is 20.3 Å². The lowest BCUT2D eigenvalue weighted by Crippen LogP contribution is -2.31. The molecule has 170 valence electrons. The van der Waals surface area contributed by atoms with Gasteiger partial charge in [0.15, 0.2) is 17.5 Å². The molecule has 2 aromatic rings. The lowest BCUT2D eigenvalue weighted by atomic mass is 10.1. The number of nitrogens with one attached hydrogen (secondary N) is 2. The average Bonchev–Trinajstić information content (AvgIpc) is 2.75. The lowest BCUT2D eigenvalue weighted by Gasteiger charge is -2.11. The minimum Gasteiger partial charge on any atom is -0.493 e. The van der Waals surface area contributed by atoms with Crippen LogP contribution in [-0.2, 0) is 13.1 Å². The number of methoxy groups -OCH3 is 2. The fraction of sp³-hybridized carbons (Fsp3) is 0.364. The second-order valence-corrected chi connectivity index (χ2v) is 7.00. The molecule has 0 bridgehead atoms. The van der Waals surface area contributed by atoms with Crippen LogP contribution in [0, 0.1) is 0 Å². The van der Waals surface area contributed by atoms with Crippen LogP contribution < -0.4 is 25.8 Å². The van der Waals surface area contributed by atoms with Gasteiger partial charge in [-0.15, -0.1) is 24.0 Å². The molecule has 8 nitrogen and oxygen atoms in total. The number of nitrogens with zero attached hydrogens (tertiary/aromatic N) is 2. The van der Waals surface area contributed by atoms with Gasteiger partial charge < -0.3 is 30.7 Å². The second-order valence-electron chi connectivity index (χ2n) is 7.00. The Kier molecular flexibility index (Phi) is 11.7. The summed E-state index contributed by atoms with van der Waals surface area (Å²) in [7, 11) is 7.13. The first-order valence-electron chi connectivity index (χ1n) is 9.69. The number of hydrogen-bond donors (Lipinski definition) is 3. The molecule has 0 fully saturated rings. The predicted molar refractivity (Wildman–Crippen MR) is 134 cm³/mol. The van der Waals surface area contributed by atoms with Gasteiger partial charge in [-0.25, -0.2) is 4.99 Å². The van der Waals surface area contributed by atoms with Crippen molar-refractivity contribution in [1.29, 1.82) is 0 Å². The van der Waals surface area contributed by atoms with E-state index in [1.165, 1.54) is 0 Å². The molecule has 0 spiro atoms. The van der Waals surface area contributed by atoms with Crippen molar-refractivity contribution in [2.45, 2.75) is 13.1 Å². The van der Waals surface area contributed by atoms with Crippen LogP contribution >= 0.6 is 24.0 Å². The average molecular weight is 541 g/mol. The van der Waals surface area contributed by atoms with Crippen molar-refractivity contribution in [2.75, 3.05) is 41.4 Å². The zero-order valence-corrected chi connectivity index (χ0v) is 20.8. The van der Waals surface area contributed by atoms with Crippen LogP contribution in [0.2, 0.25) is 0 Å². The molecule has 0 aliphatic heterocycles. The summed E-state index contributed by atoms with van der Waals surface area (Å²) < 4.78 is 10.5. The molecule has 0 heterocycles. The van der Waals surface area contributed by atoms with Crippen molar-refractivity contribution in [1.82, 2.24) is 15.5 Å². The van der Waals surface area contributed by atoms with Gasteiger partial charge in [-0.3, -0.25) is 4.79 Å². The van der Waals surface area contributed by atoms with Crippen LogP contribution in [-0.4, -0.2) is 58.2 Å². The fourth-order valence-corrected chi connectivity index (χ4v) is 2.72. The molecule has 0 saturated heterocycles. The van der Waals surface area contributed by atoms with E-state index in [-0.39, 0.29) is 29.9 Å². The number of nitrogens with two attached hydrogens (primary N) is 1. The van der Waals surface area contributed by atoms with E-state index in [9.17, 15) is 4.79 Å². The minimum absolute atomic E-state index is 0. The zero-order valence-electron chi connectivity index (χ0n) is 18.5. The van der Waals surface area contributed by atoms with E-state index < -0.39 is 0 Å². The molecule has 0 atom stereocenters. The van der Waals surface area contributed by atoms with Gasteiger partial charge in [0.25, 0.3) is 5.91 Å². The Balaban J connectivity index is 0.00000480. The molecule has 0 radical (unpaired) electrons. The molecular formula is C22H32IN5O3. The van der Waals surface area contributed by atoms with Crippen LogP contribution in [0.15, 0.2) is 47.5 Å². The van der Waals surface area contributed by atoms with Gasteiger partial charge in [0.1, 0.15) is 0 Å². The second kappa shape index (κ2) is 13.7. The summed E-state index contributed by atoms with van der Waals surface area (Å²) in [4.78, 5) is 18.6. The van der Waals surface area contributed by atoms with Crippen LogP contribution in [0.1, 0.15) is 21.5 Å². The first-order chi connectivity index (χ1) is 14.4. The fourth-order valence-electron chi connectivity index (χ4n) is 2.72. The summed E-state index contributed by atoms with van der Waals surface area (Å²) >= 11 is 0. The summed E-state index contributed by atoms with van der Waals surface area (Å²) in [6.45, 7) is 2.27. The molecule has 0 aliphatic carbocycles. The quantitative estimate of drug-likeness (QED) is 0.242. The number of ether oxygens (including phenoxy) is 2. The molecule has 4 N–H and O–H groups in total. The van der Waals surface area contributed by atoms with E-state index in [0.29, 0.717) is 42.7 Å². The number of benzene rings is 2. The predicted octanol–water partition coefficient (Wildman–Crippen LogP) is 2.22. The first kappa shape index (κ1) is 26.5. The Hall–Kier alpha value is -2.53. The number of carbonyl (C=O) groups is 1. The van der Waals surface area contributed by atoms with Gasteiger partial charge in [0.2, 0.25) is 0 Å². The maximum absolute atomic E-state index is 12.3. The topological polar surface area (TPSA) is 101 Å². The van der Waals surface area contributed by atoms with Crippen LogP contribution in [0.25, 0.3) is 0 Å². The molecule has 1 amide bonds. The van der Waals surface area contributed by atoms with Crippen LogP contribution in [0.4, 0.5) is 0 Å². The Bertz CT molecular complexity index is 874. The Morgan fingerprint density at radius 1 is 1.03 bits per heavy atom. The maximum Gasteiger partial charge on any atom is 0.251 e. The van der Waals surface area contributed by atoms with E-state index in [2.05, 4.69) is 15.6 Å². The van der Waals surface area contributed by atoms with Crippen molar-refractivity contribution >= 4 is 35.8 Å². The number of hydrogen-bond acceptors (Lipinski definition) is 5. The number of likely N-dealkylation sites (N-methyl/N-ethyl adjacent to an activating group) is 1. The SMILES string of the molecule is COc1ccc(CNC(N)=NCc2cccc(C(=O)NCCN(C)C)c2)cc1OC.I. The number of halogens is 1. The monoisotopic (exact) mass is 541 g/mol. The molecule has 0 aromatic heterocycles. The molecular weight excluding hydrogens is 509 g/mol. The van der Waals surface area contributed by atoms with Gasteiger partial charge in [0, 0.05) is 25.2 Å². The third-order valence-electron chi connectivity index (χ3n) is 4.39. The highest BCUT2D eigenvalue weighted by Crippen LogP contribution is 2.27. The molecule has 0 unspecified atom stereocenters. The Morgan fingerprint density at radius 3 is 2.45 bits per heavy atom. The van der Waals surface area contributed by atoms with E-state index in [0.717, 1.165) is 17.7 Å². The first-order valence-corrected chi connectivity index (χ1v) is 9.69. The van der Waals surface area contributed by atoms with Crippen molar-refractivity contribution in [3.8, 4) is 11.5 Å².